The minimum absolute atomic E-state index is 0.105. The number of carbonyl (C=O) groups is 1. The van der Waals surface area contributed by atoms with Crippen LogP contribution in [0.15, 0.2) is 0 Å². The summed E-state index contributed by atoms with van der Waals surface area (Å²) in [5, 5.41) is 9.55. The van der Waals surface area contributed by atoms with Crippen molar-refractivity contribution in [2.45, 2.75) is 57.5 Å². The van der Waals surface area contributed by atoms with Gasteiger partial charge in [0.15, 0.2) is 0 Å². The Morgan fingerprint density at radius 3 is 2.16 bits per heavy atom. The van der Waals surface area contributed by atoms with Crippen molar-refractivity contribution in [3.05, 3.63) is 0 Å². The molecule has 0 atom stereocenters. The SMILES string of the molecule is NC(=S)C1(C(=O)N2CCC(O)CC2)CCCCCC1. The van der Waals surface area contributed by atoms with E-state index in [-0.39, 0.29) is 12.0 Å². The lowest BCUT2D eigenvalue weighted by Crippen LogP contribution is -2.52. The minimum Gasteiger partial charge on any atom is -0.393 e. The fourth-order valence-electron chi connectivity index (χ4n) is 3.27. The molecule has 1 saturated heterocycles. The fourth-order valence-corrected chi connectivity index (χ4v) is 3.56. The van der Waals surface area contributed by atoms with Gasteiger partial charge in [-0.15, -0.1) is 0 Å². The first-order valence-corrected chi connectivity index (χ1v) is 7.74. The molecule has 3 N–H and O–H groups in total. The van der Waals surface area contributed by atoms with Gasteiger partial charge in [-0.3, -0.25) is 4.79 Å². The summed E-state index contributed by atoms with van der Waals surface area (Å²) in [7, 11) is 0. The van der Waals surface area contributed by atoms with E-state index in [9.17, 15) is 9.90 Å². The van der Waals surface area contributed by atoms with Crippen LogP contribution in [0.4, 0.5) is 0 Å². The number of likely N-dealkylation sites (tertiary alicyclic amines) is 1. The zero-order valence-corrected chi connectivity index (χ0v) is 12.3. The van der Waals surface area contributed by atoms with E-state index in [1.807, 2.05) is 4.90 Å². The van der Waals surface area contributed by atoms with E-state index < -0.39 is 5.41 Å². The average Bonchev–Trinajstić information content (AvgIpc) is 2.65. The summed E-state index contributed by atoms with van der Waals surface area (Å²) in [4.78, 5) is 15.1. The number of rotatable bonds is 2. The number of aliphatic hydroxyl groups is 1. The first kappa shape index (κ1) is 14.7. The highest BCUT2D eigenvalue weighted by Crippen LogP contribution is 2.38. The largest absolute Gasteiger partial charge is 0.393 e. The van der Waals surface area contributed by atoms with Crippen molar-refractivity contribution in [1.29, 1.82) is 0 Å². The molecule has 2 rings (SSSR count). The molecule has 4 nitrogen and oxygen atoms in total. The molecule has 2 fully saturated rings. The summed E-state index contributed by atoms with van der Waals surface area (Å²) in [5.41, 5.74) is 5.32. The van der Waals surface area contributed by atoms with Crippen LogP contribution in [0.3, 0.4) is 0 Å². The average molecular weight is 284 g/mol. The molecule has 108 valence electrons. The molecule has 0 aromatic rings. The van der Waals surface area contributed by atoms with Crippen molar-refractivity contribution in [3.63, 3.8) is 0 Å². The predicted octanol–water partition coefficient (Wildman–Crippen LogP) is 1.60. The summed E-state index contributed by atoms with van der Waals surface area (Å²) in [5.74, 6) is 0.105. The van der Waals surface area contributed by atoms with Crippen molar-refractivity contribution >= 4 is 23.1 Å². The molecule has 1 heterocycles. The predicted molar refractivity (Wildman–Crippen MR) is 78.7 cm³/mol. The first-order valence-electron chi connectivity index (χ1n) is 7.33. The number of piperidine rings is 1. The van der Waals surface area contributed by atoms with Crippen LogP contribution < -0.4 is 5.73 Å². The molecule has 19 heavy (non-hydrogen) atoms. The standard InChI is InChI=1S/C14H24N2O2S/c15-12(19)14(7-3-1-2-4-8-14)13(18)16-9-5-11(17)6-10-16/h11,17H,1-10H2,(H2,15,19). The van der Waals surface area contributed by atoms with E-state index in [2.05, 4.69) is 0 Å². The van der Waals surface area contributed by atoms with Crippen LogP contribution in [-0.2, 0) is 4.79 Å². The van der Waals surface area contributed by atoms with Gasteiger partial charge in [-0.25, -0.2) is 0 Å². The van der Waals surface area contributed by atoms with Crippen LogP contribution in [0.5, 0.6) is 0 Å². The fraction of sp³-hybridized carbons (Fsp3) is 0.857. The molecule has 1 amide bonds. The van der Waals surface area contributed by atoms with Gasteiger partial charge in [0.25, 0.3) is 0 Å². The van der Waals surface area contributed by atoms with Crippen molar-refractivity contribution in [2.75, 3.05) is 13.1 Å². The zero-order chi connectivity index (χ0) is 13.9. The summed E-state index contributed by atoms with van der Waals surface area (Å²) in [6.45, 7) is 1.26. The lowest BCUT2D eigenvalue weighted by atomic mass is 9.78. The van der Waals surface area contributed by atoms with Gasteiger partial charge < -0.3 is 15.7 Å². The van der Waals surface area contributed by atoms with Crippen LogP contribution in [0.25, 0.3) is 0 Å². The number of nitrogens with two attached hydrogens (primary N) is 1. The number of carbonyl (C=O) groups excluding carboxylic acids is 1. The molecular weight excluding hydrogens is 260 g/mol. The molecule has 2 aliphatic rings. The maximum Gasteiger partial charge on any atom is 0.235 e. The van der Waals surface area contributed by atoms with Gasteiger partial charge in [-0.1, -0.05) is 37.9 Å². The topological polar surface area (TPSA) is 66.6 Å². The summed E-state index contributed by atoms with van der Waals surface area (Å²) in [6.07, 6.45) is 7.03. The molecule has 0 spiro atoms. The highest BCUT2D eigenvalue weighted by Gasteiger charge is 2.44. The van der Waals surface area contributed by atoms with Crippen LogP contribution in [-0.4, -0.2) is 40.1 Å². The molecule has 1 aliphatic carbocycles. The number of thiocarbonyl (C=S) groups is 1. The Hall–Kier alpha value is -0.680. The summed E-state index contributed by atoms with van der Waals surface area (Å²) in [6, 6.07) is 0. The van der Waals surface area contributed by atoms with Gasteiger partial charge in [0.05, 0.1) is 16.5 Å². The van der Waals surface area contributed by atoms with E-state index in [0.717, 1.165) is 38.5 Å². The van der Waals surface area contributed by atoms with Gasteiger partial charge in [0, 0.05) is 13.1 Å². The monoisotopic (exact) mass is 284 g/mol. The Labute approximate surface area is 120 Å². The van der Waals surface area contributed by atoms with E-state index in [1.165, 1.54) is 0 Å². The molecular formula is C14H24N2O2S. The lowest BCUT2D eigenvalue weighted by Gasteiger charge is -2.38. The molecule has 0 unspecified atom stereocenters. The van der Waals surface area contributed by atoms with E-state index in [0.29, 0.717) is 30.9 Å². The molecule has 1 aliphatic heterocycles. The van der Waals surface area contributed by atoms with Crippen molar-refractivity contribution in [1.82, 2.24) is 4.90 Å². The summed E-state index contributed by atoms with van der Waals surface area (Å²) < 4.78 is 0. The minimum atomic E-state index is -0.617. The Balaban J connectivity index is 2.13. The third-order valence-corrected chi connectivity index (χ3v) is 4.98. The van der Waals surface area contributed by atoms with Crippen LogP contribution >= 0.6 is 12.2 Å². The summed E-state index contributed by atoms with van der Waals surface area (Å²) >= 11 is 5.24. The first-order chi connectivity index (χ1) is 9.06. The Kier molecular flexibility index (Phi) is 4.79. The second-order valence-corrected chi connectivity index (χ2v) is 6.32. The van der Waals surface area contributed by atoms with Gasteiger partial charge in [-0.2, -0.15) is 0 Å². The van der Waals surface area contributed by atoms with E-state index >= 15 is 0 Å². The van der Waals surface area contributed by atoms with Crippen molar-refractivity contribution < 1.29 is 9.90 Å². The number of aliphatic hydroxyl groups excluding tert-OH is 1. The molecule has 0 aromatic carbocycles. The lowest BCUT2D eigenvalue weighted by molar-refractivity contribution is -0.141. The number of hydrogen-bond acceptors (Lipinski definition) is 3. The second-order valence-electron chi connectivity index (χ2n) is 5.88. The molecule has 1 saturated carbocycles. The van der Waals surface area contributed by atoms with Gasteiger partial charge in [0.2, 0.25) is 5.91 Å². The quantitative estimate of drug-likeness (QED) is 0.597. The molecule has 5 heteroatoms. The van der Waals surface area contributed by atoms with Crippen LogP contribution in [0.2, 0.25) is 0 Å². The van der Waals surface area contributed by atoms with Crippen molar-refractivity contribution in [3.8, 4) is 0 Å². The zero-order valence-electron chi connectivity index (χ0n) is 11.4. The van der Waals surface area contributed by atoms with E-state index in [4.69, 9.17) is 18.0 Å². The van der Waals surface area contributed by atoms with Gasteiger partial charge in [-0.05, 0) is 25.7 Å². The number of nitrogens with zero attached hydrogens (tertiary/aromatic N) is 1. The molecule has 0 radical (unpaired) electrons. The Morgan fingerprint density at radius 1 is 1.16 bits per heavy atom. The maximum absolute atomic E-state index is 12.9. The maximum atomic E-state index is 12.9. The molecule has 0 aromatic heterocycles. The number of hydrogen-bond donors (Lipinski definition) is 2. The van der Waals surface area contributed by atoms with E-state index in [1.54, 1.807) is 0 Å². The highest BCUT2D eigenvalue weighted by molar-refractivity contribution is 7.80. The van der Waals surface area contributed by atoms with Crippen LogP contribution in [0.1, 0.15) is 51.4 Å². The highest BCUT2D eigenvalue weighted by atomic mass is 32.1. The Morgan fingerprint density at radius 2 is 1.68 bits per heavy atom. The normalized spacial score (nSPS) is 24.8. The second kappa shape index (κ2) is 6.18. The third kappa shape index (κ3) is 3.08. The Bertz CT molecular complexity index is 343. The van der Waals surface area contributed by atoms with Gasteiger partial charge in [0.1, 0.15) is 0 Å². The third-order valence-electron chi connectivity index (χ3n) is 4.59. The smallest absolute Gasteiger partial charge is 0.235 e. The number of amides is 1. The van der Waals surface area contributed by atoms with Gasteiger partial charge >= 0.3 is 0 Å². The molecule has 0 bridgehead atoms. The van der Waals surface area contributed by atoms with Crippen LogP contribution in [0, 0.1) is 5.41 Å². The van der Waals surface area contributed by atoms with Crippen molar-refractivity contribution in [2.24, 2.45) is 11.1 Å².